The number of aryl methyl sites for hydroxylation is 1. The van der Waals surface area contributed by atoms with Gasteiger partial charge in [-0.2, -0.15) is 0 Å². The van der Waals surface area contributed by atoms with Crippen molar-refractivity contribution in [2.45, 2.75) is 6.92 Å². The third-order valence-electron chi connectivity index (χ3n) is 5.33. The number of carbonyl (C=O) groups is 1. The summed E-state index contributed by atoms with van der Waals surface area (Å²) in [7, 11) is 0. The highest BCUT2D eigenvalue weighted by Crippen LogP contribution is 2.28. The van der Waals surface area contributed by atoms with E-state index in [2.05, 4.69) is 39.5 Å². The molecule has 146 valence electrons. The summed E-state index contributed by atoms with van der Waals surface area (Å²) in [5.74, 6) is -0.0397. The molecule has 29 heavy (non-hydrogen) atoms. The minimum atomic E-state index is -0.0397. The fourth-order valence-electron chi connectivity index (χ4n) is 3.84. The largest absolute Gasteiger partial charge is 0.368 e. The van der Waals surface area contributed by atoms with E-state index in [1.807, 2.05) is 37.4 Å². The predicted octanol–water partition coefficient (Wildman–Crippen LogP) is 3.59. The average molecular weight is 403 g/mol. The number of nitrogens with zero attached hydrogens (tertiary/aromatic N) is 3. The molecule has 1 aromatic heterocycles. The summed E-state index contributed by atoms with van der Waals surface area (Å²) in [6.45, 7) is 5.85. The van der Waals surface area contributed by atoms with E-state index in [-0.39, 0.29) is 5.91 Å². The molecule has 0 bridgehead atoms. The number of hydrogen-bond donors (Lipinski definition) is 1. The number of amides is 1. The van der Waals surface area contributed by atoms with Crippen LogP contribution in [0.4, 0.5) is 0 Å². The molecule has 0 saturated carbocycles. The highest BCUT2D eigenvalue weighted by molar-refractivity contribution is 7.18. The van der Waals surface area contributed by atoms with Crippen molar-refractivity contribution in [3.63, 3.8) is 0 Å². The molecule has 6 heteroatoms. The highest BCUT2D eigenvalue weighted by atomic mass is 32.1. The van der Waals surface area contributed by atoms with Gasteiger partial charge in [-0.05, 0) is 48.4 Å². The van der Waals surface area contributed by atoms with E-state index in [1.165, 1.54) is 4.70 Å². The number of benzene rings is 1. The summed E-state index contributed by atoms with van der Waals surface area (Å²) in [6, 6.07) is 6.21. The molecule has 0 aliphatic carbocycles. The molecular formula is C23H22N4OS. The molecule has 3 aliphatic heterocycles. The maximum atomic E-state index is 13.1. The topological polar surface area (TPSA) is 48.5 Å². The Morgan fingerprint density at radius 2 is 1.93 bits per heavy atom. The number of aromatic nitrogens is 1. The van der Waals surface area contributed by atoms with Gasteiger partial charge in [0.25, 0.3) is 5.91 Å². The van der Waals surface area contributed by atoms with E-state index in [0.717, 1.165) is 59.2 Å². The number of nitrogens with one attached hydrogen (secondary N) is 1. The summed E-state index contributed by atoms with van der Waals surface area (Å²) in [6.07, 6.45) is 13.8. The van der Waals surface area contributed by atoms with E-state index in [4.69, 9.17) is 0 Å². The minimum Gasteiger partial charge on any atom is -0.368 e. The second kappa shape index (κ2) is 7.46. The maximum Gasteiger partial charge on any atom is 0.255 e. The first-order chi connectivity index (χ1) is 14.2. The van der Waals surface area contributed by atoms with Crippen LogP contribution in [0.5, 0.6) is 0 Å². The van der Waals surface area contributed by atoms with Crippen LogP contribution in [0.3, 0.4) is 0 Å². The Kier molecular flexibility index (Phi) is 4.66. The van der Waals surface area contributed by atoms with E-state index in [1.54, 1.807) is 22.3 Å². The van der Waals surface area contributed by atoms with Gasteiger partial charge < -0.3 is 10.2 Å². The van der Waals surface area contributed by atoms with Crippen molar-refractivity contribution >= 4 is 33.0 Å². The van der Waals surface area contributed by atoms with Crippen LogP contribution >= 0.6 is 11.3 Å². The molecule has 1 aromatic carbocycles. The number of allylic oxidation sites excluding steroid dienone is 6. The normalized spacial score (nSPS) is 24.2. The monoisotopic (exact) mass is 402 g/mol. The van der Waals surface area contributed by atoms with Crippen LogP contribution in [0.25, 0.3) is 15.8 Å². The van der Waals surface area contributed by atoms with Gasteiger partial charge in [-0.3, -0.25) is 9.69 Å². The second-order valence-corrected chi connectivity index (χ2v) is 8.53. The van der Waals surface area contributed by atoms with Crippen LogP contribution in [0.15, 0.2) is 72.2 Å². The van der Waals surface area contributed by atoms with Crippen LogP contribution in [0.2, 0.25) is 0 Å². The lowest BCUT2D eigenvalue weighted by molar-refractivity contribution is -0.122. The summed E-state index contributed by atoms with van der Waals surface area (Å²) in [5.41, 5.74) is 4.83. The van der Waals surface area contributed by atoms with Gasteiger partial charge in [0.05, 0.1) is 20.9 Å². The molecule has 1 fully saturated rings. The standard InChI is InChI=1S/C23H22N4OS/c1-16-25-21-13-18(5-8-22(21)29-16)17-3-2-4-19-6-7-20(15-27(19)23(28)14-17)26-11-9-24-10-12-26/h2-8,13-15,24H,9-12H2,1H3/b3-2+,17-14+,19-4+. The van der Waals surface area contributed by atoms with Crippen molar-refractivity contribution in [3.8, 4) is 0 Å². The van der Waals surface area contributed by atoms with Gasteiger partial charge in [0, 0.05) is 44.2 Å². The quantitative estimate of drug-likeness (QED) is 0.834. The van der Waals surface area contributed by atoms with Gasteiger partial charge in [-0.15, -0.1) is 11.3 Å². The summed E-state index contributed by atoms with van der Waals surface area (Å²) < 4.78 is 1.17. The van der Waals surface area contributed by atoms with E-state index in [9.17, 15) is 4.79 Å². The third kappa shape index (κ3) is 3.57. The Morgan fingerprint density at radius 1 is 1.10 bits per heavy atom. The smallest absolute Gasteiger partial charge is 0.255 e. The third-order valence-corrected chi connectivity index (χ3v) is 6.29. The SMILES string of the molecule is Cc1nc2cc(C3=C\C(=O)N4C=C(N5CCNCC5)C=C\C4=C/C=C/3)ccc2s1. The fourth-order valence-corrected chi connectivity index (χ4v) is 4.65. The molecule has 0 radical (unpaired) electrons. The Bertz CT molecular complexity index is 1130. The van der Waals surface area contributed by atoms with Gasteiger partial charge in [0.1, 0.15) is 0 Å². The van der Waals surface area contributed by atoms with Crippen molar-refractivity contribution in [2.75, 3.05) is 26.2 Å². The predicted molar refractivity (Wildman–Crippen MR) is 118 cm³/mol. The number of rotatable bonds is 2. The molecule has 4 heterocycles. The number of thiazole rings is 1. The van der Waals surface area contributed by atoms with E-state index in [0.29, 0.717) is 0 Å². The van der Waals surface area contributed by atoms with Crippen molar-refractivity contribution < 1.29 is 4.79 Å². The lowest BCUT2D eigenvalue weighted by Crippen LogP contribution is -2.43. The molecule has 1 amide bonds. The lowest BCUT2D eigenvalue weighted by atomic mass is 10.0. The molecule has 0 atom stereocenters. The fraction of sp³-hybridized carbons (Fsp3) is 0.217. The van der Waals surface area contributed by atoms with Gasteiger partial charge in [-0.25, -0.2) is 4.98 Å². The van der Waals surface area contributed by atoms with Crippen molar-refractivity contribution in [1.29, 1.82) is 0 Å². The molecule has 0 unspecified atom stereocenters. The minimum absolute atomic E-state index is 0.0397. The van der Waals surface area contributed by atoms with E-state index >= 15 is 0 Å². The Morgan fingerprint density at radius 3 is 2.79 bits per heavy atom. The average Bonchev–Trinajstić information content (AvgIpc) is 3.11. The molecule has 1 N–H and O–H groups in total. The molecular weight excluding hydrogens is 380 g/mol. The number of hydrogen-bond acceptors (Lipinski definition) is 5. The summed E-state index contributed by atoms with van der Waals surface area (Å²) >= 11 is 1.69. The van der Waals surface area contributed by atoms with Gasteiger partial charge in [0.2, 0.25) is 0 Å². The first-order valence-corrected chi connectivity index (χ1v) is 10.7. The lowest BCUT2D eigenvalue weighted by Gasteiger charge is -2.33. The van der Waals surface area contributed by atoms with Gasteiger partial charge in [0.15, 0.2) is 0 Å². The molecule has 0 spiro atoms. The molecule has 2 aromatic rings. The first-order valence-electron chi connectivity index (χ1n) is 9.84. The number of carbonyl (C=O) groups excluding carboxylic acids is 1. The summed E-state index contributed by atoms with van der Waals surface area (Å²) in [4.78, 5) is 21.8. The van der Waals surface area contributed by atoms with Crippen LogP contribution in [-0.4, -0.2) is 46.9 Å². The molecule has 3 aliphatic rings. The Labute approximate surface area is 174 Å². The van der Waals surface area contributed by atoms with Crippen molar-refractivity contribution in [3.05, 3.63) is 82.8 Å². The first kappa shape index (κ1) is 18.1. The molecule has 1 saturated heterocycles. The van der Waals surface area contributed by atoms with Crippen molar-refractivity contribution in [2.24, 2.45) is 0 Å². The number of fused-ring (bicyclic) bond motifs is 2. The van der Waals surface area contributed by atoms with Crippen LogP contribution < -0.4 is 5.32 Å². The van der Waals surface area contributed by atoms with Crippen LogP contribution in [0.1, 0.15) is 10.6 Å². The summed E-state index contributed by atoms with van der Waals surface area (Å²) in [5, 5.41) is 4.42. The van der Waals surface area contributed by atoms with Gasteiger partial charge >= 0.3 is 0 Å². The van der Waals surface area contributed by atoms with Gasteiger partial charge in [-0.1, -0.05) is 18.2 Å². The zero-order chi connectivity index (χ0) is 19.8. The zero-order valence-electron chi connectivity index (χ0n) is 16.3. The second-order valence-electron chi connectivity index (χ2n) is 7.30. The van der Waals surface area contributed by atoms with Crippen molar-refractivity contribution in [1.82, 2.24) is 20.1 Å². The van der Waals surface area contributed by atoms with Crippen LogP contribution in [-0.2, 0) is 4.79 Å². The number of piperazine rings is 1. The zero-order valence-corrected chi connectivity index (χ0v) is 17.1. The van der Waals surface area contributed by atoms with Crippen LogP contribution in [0, 0.1) is 6.92 Å². The Hall–Kier alpha value is -2.96. The highest BCUT2D eigenvalue weighted by Gasteiger charge is 2.21. The van der Waals surface area contributed by atoms with E-state index < -0.39 is 0 Å². The Balaban J connectivity index is 1.48. The maximum absolute atomic E-state index is 13.1. The molecule has 5 nitrogen and oxygen atoms in total. The molecule has 5 rings (SSSR count).